The molecule has 31 heavy (non-hydrogen) atoms. The summed E-state index contributed by atoms with van der Waals surface area (Å²) in [6.45, 7) is 2.19. The van der Waals surface area contributed by atoms with E-state index >= 15 is 0 Å². The van der Waals surface area contributed by atoms with Crippen LogP contribution in [0.25, 0.3) is 0 Å². The predicted octanol–water partition coefficient (Wildman–Crippen LogP) is 3.75. The van der Waals surface area contributed by atoms with E-state index in [-0.39, 0.29) is 18.6 Å². The van der Waals surface area contributed by atoms with Crippen molar-refractivity contribution in [1.29, 1.82) is 0 Å². The van der Waals surface area contributed by atoms with Gasteiger partial charge in [0.1, 0.15) is 5.75 Å². The number of nitrogens with one attached hydrogen (secondary N) is 2. The lowest BCUT2D eigenvalue weighted by molar-refractivity contribution is -0.122. The lowest BCUT2D eigenvalue weighted by Crippen LogP contribution is -2.31. The summed E-state index contributed by atoms with van der Waals surface area (Å²) >= 11 is 0. The summed E-state index contributed by atoms with van der Waals surface area (Å²) in [7, 11) is 0. The number of amides is 2. The van der Waals surface area contributed by atoms with E-state index in [1.54, 1.807) is 49.4 Å². The molecule has 0 aromatic heterocycles. The van der Waals surface area contributed by atoms with Gasteiger partial charge in [-0.25, -0.2) is 0 Å². The van der Waals surface area contributed by atoms with Gasteiger partial charge in [0.2, 0.25) is 6.79 Å². The van der Waals surface area contributed by atoms with Crippen LogP contribution in [0.4, 0.5) is 5.69 Å². The van der Waals surface area contributed by atoms with Crippen molar-refractivity contribution >= 4 is 17.5 Å². The number of hydrogen-bond donors (Lipinski definition) is 2. The maximum Gasteiger partial charge on any atom is 0.265 e. The fourth-order valence-electron chi connectivity index (χ4n) is 3.09. The fraction of sp³-hybridized carbons (Fsp3) is 0.167. The number of benzene rings is 3. The molecule has 7 nitrogen and oxygen atoms in total. The summed E-state index contributed by atoms with van der Waals surface area (Å²) in [6, 6.07) is 21.6. The molecule has 0 saturated heterocycles. The first kappa shape index (κ1) is 20.3. The van der Waals surface area contributed by atoms with Crippen LogP contribution in [0.2, 0.25) is 0 Å². The SMILES string of the molecule is CC(Oc1ccccc1C(=O)NCc1ccccc1)C(=O)Nc1ccc2c(c1)OCO2. The van der Waals surface area contributed by atoms with Crippen molar-refractivity contribution in [3.63, 3.8) is 0 Å². The zero-order valence-corrected chi connectivity index (χ0v) is 17.0. The van der Waals surface area contributed by atoms with Crippen LogP contribution in [0, 0.1) is 0 Å². The molecule has 0 bridgehead atoms. The van der Waals surface area contributed by atoms with Gasteiger partial charge in [-0.3, -0.25) is 9.59 Å². The second-order valence-corrected chi connectivity index (χ2v) is 6.98. The molecule has 0 radical (unpaired) electrons. The van der Waals surface area contributed by atoms with Gasteiger partial charge in [-0.05, 0) is 36.8 Å². The second-order valence-electron chi connectivity index (χ2n) is 6.98. The first-order valence-electron chi connectivity index (χ1n) is 9.88. The first-order valence-corrected chi connectivity index (χ1v) is 9.88. The third-order valence-electron chi connectivity index (χ3n) is 4.74. The van der Waals surface area contributed by atoms with Crippen LogP contribution < -0.4 is 24.8 Å². The van der Waals surface area contributed by atoms with E-state index in [9.17, 15) is 9.59 Å². The maximum atomic E-state index is 12.7. The Morgan fingerprint density at radius 3 is 2.55 bits per heavy atom. The number of carbonyl (C=O) groups excluding carboxylic acids is 2. The quantitative estimate of drug-likeness (QED) is 0.610. The zero-order chi connectivity index (χ0) is 21.6. The topological polar surface area (TPSA) is 85.9 Å². The molecule has 0 aliphatic carbocycles. The van der Waals surface area contributed by atoms with Gasteiger partial charge in [0.25, 0.3) is 11.8 Å². The van der Waals surface area contributed by atoms with Crippen molar-refractivity contribution < 1.29 is 23.8 Å². The van der Waals surface area contributed by atoms with Gasteiger partial charge in [-0.2, -0.15) is 0 Å². The summed E-state index contributed by atoms with van der Waals surface area (Å²) < 4.78 is 16.4. The third kappa shape index (κ3) is 4.95. The number of hydrogen-bond acceptors (Lipinski definition) is 5. The van der Waals surface area contributed by atoms with Gasteiger partial charge in [0.05, 0.1) is 5.56 Å². The minimum Gasteiger partial charge on any atom is -0.480 e. The van der Waals surface area contributed by atoms with Crippen LogP contribution in [0.5, 0.6) is 17.2 Å². The third-order valence-corrected chi connectivity index (χ3v) is 4.74. The second kappa shape index (κ2) is 9.21. The molecule has 3 aromatic rings. The molecule has 1 aliphatic rings. The van der Waals surface area contributed by atoms with Crippen LogP contribution in [-0.4, -0.2) is 24.7 Å². The molecule has 3 aromatic carbocycles. The van der Waals surface area contributed by atoms with E-state index in [0.717, 1.165) is 5.56 Å². The van der Waals surface area contributed by atoms with E-state index in [0.29, 0.717) is 35.0 Å². The molecule has 1 atom stereocenters. The summed E-state index contributed by atoms with van der Waals surface area (Å²) in [6.07, 6.45) is -0.825. The van der Waals surface area contributed by atoms with Crippen molar-refractivity contribution in [2.24, 2.45) is 0 Å². The molecule has 158 valence electrons. The summed E-state index contributed by atoms with van der Waals surface area (Å²) in [4.78, 5) is 25.3. The standard InChI is InChI=1S/C24H22N2O5/c1-16(23(27)26-18-11-12-21-22(13-18)30-15-29-21)31-20-10-6-5-9-19(20)24(28)25-14-17-7-3-2-4-8-17/h2-13,16H,14-15H2,1H3,(H,25,28)(H,26,27). The highest BCUT2D eigenvalue weighted by Crippen LogP contribution is 2.34. The van der Waals surface area contributed by atoms with E-state index in [4.69, 9.17) is 14.2 Å². The highest BCUT2D eigenvalue weighted by molar-refractivity contribution is 5.97. The van der Waals surface area contributed by atoms with E-state index in [1.807, 2.05) is 30.3 Å². The fourth-order valence-corrected chi connectivity index (χ4v) is 3.09. The van der Waals surface area contributed by atoms with Crippen LogP contribution in [0.1, 0.15) is 22.8 Å². The van der Waals surface area contributed by atoms with Gasteiger partial charge in [0, 0.05) is 18.3 Å². The molecule has 4 rings (SSSR count). The van der Waals surface area contributed by atoms with Gasteiger partial charge < -0.3 is 24.8 Å². The Morgan fingerprint density at radius 1 is 0.968 bits per heavy atom. The van der Waals surface area contributed by atoms with Gasteiger partial charge in [-0.15, -0.1) is 0 Å². The molecule has 0 fully saturated rings. The number of ether oxygens (including phenoxy) is 3. The van der Waals surface area contributed by atoms with E-state index in [2.05, 4.69) is 10.6 Å². The predicted molar refractivity (Wildman–Crippen MR) is 115 cm³/mol. The molecular formula is C24H22N2O5. The largest absolute Gasteiger partial charge is 0.480 e. The Kier molecular flexibility index (Phi) is 6.03. The van der Waals surface area contributed by atoms with Crippen molar-refractivity contribution in [2.75, 3.05) is 12.1 Å². The summed E-state index contributed by atoms with van der Waals surface area (Å²) in [5.41, 5.74) is 1.92. The molecule has 0 spiro atoms. The molecule has 2 N–H and O–H groups in total. The van der Waals surface area contributed by atoms with Crippen LogP contribution in [-0.2, 0) is 11.3 Å². The first-order chi connectivity index (χ1) is 15.1. The summed E-state index contributed by atoms with van der Waals surface area (Å²) in [5.74, 6) is 0.923. The number of anilines is 1. The van der Waals surface area contributed by atoms with Crippen LogP contribution >= 0.6 is 0 Å². The summed E-state index contributed by atoms with van der Waals surface area (Å²) in [5, 5.41) is 5.66. The van der Waals surface area contributed by atoms with Gasteiger partial charge in [0.15, 0.2) is 17.6 Å². The molecule has 7 heteroatoms. The highest BCUT2D eigenvalue weighted by atomic mass is 16.7. The zero-order valence-electron chi connectivity index (χ0n) is 17.0. The van der Waals surface area contributed by atoms with E-state index in [1.165, 1.54) is 0 Å². The average molecular weight is 418 g/mol. The smallest absolute Gasteiger partial charge is 0.265 e. The number of rotatable bonds is 7. The Labute approximate surface area is 179 Å². The highest BCUT2D eigenvalue weighted by Gasteiger charge is 2.20. The average Bonchev–Trinajstić information content (AvgIpc) is 3.26. The van der Waals surface area contributed by atoms with Gasteiger partial charge in [-0.1, -0.05) is 42.5 Å². The normalized spacial score (nSPS) is 12.7. The van der Waals surface area contributed by atoms with Crippen molar-refractivity contribution in [3.05, 3.63) is 83.9 Å². The Morgan fingerprint density at radius 2 is 1.71 bits per heavy atom. The van der Waals surface area contributed by atoms with E-state index < -0.39 is 6.10 Å². The monoisotopic (exact) mass is 418 g/mol. The maximum absolute atomic E-state index is 12.7. The van der Waals surface area contributed by atoms with Crippen LogP contribution in [0.15, 0.2) is 72.8 Å². The van der Waals surface area contributed by atoms with Crippen molar-refractivity contribution in [3.8, 4) is 17.2 Å². The number of carbonyl (C=O) groups is 2. The minimum atomic E-state index is -0.825. The molecule has 1 heterocycles. The van der Waals surface area contributed by atoms with Crippen LogP contribution in [0.3, 0.4) is 0 Å². The molecule has 0 saturated carbocycles. The lowest BCUT2D eigenvalue weighted by Gasteiger charge is -2.17. The minimum absolute atomic E-state index is 0.162. The van der Waals surface area contributed by atoms with Crippen molar-refractivity contribution in [1.82, 2.24) is 5.32 Å². The Hall–Kier alpha value is -4.00. The number of fused-ring (bicyclic) bond motifs is 1. The molecule has 1 aliphatic heterocycles. The van der Waals surface area contributed by atoms with Crippen molar-refractivity contribution in [2.45, 2.75) is 19.6 Å². The Bertz CT molecular complexity index is 1080. The van der Waals surface area contributed by atoms with Gasteiger partial charge >= 0.3 is 0 Å². The lowest BCUT2D eigenvalue weighted by atomic mass is 10.1. The molecule has 1 unspecified atom stereocenters. The number of para-hydroxylation sites is 1. The molecule has 2 amide bonds. The Balaban J connectivity index is 1.39. The molecular weight excluding hydrogens is 396 g/mol.